The summed E-state index contributed by atoms with van der Waals surface area (Å²) < 4.78 is 27.8. The Kier molecular flexibility index (Phi) is 5.91. The Morgan fingerprint density at radius 2 is 1.86 bits per heavy atom. The second kappa shape index (κ2) is 7.29. The van der Waals surface area contributed by atoms with Gasteiger partial charge in [0.05, 0.1) is 5.02 Å². The monoisotopic (exact) mass is 350 g/mol. The van der Waals surface area contributed by atoms with Gasteiger partial charge in [0.2, 0.25) is 10.0 Å². The number of nitrogens with one attached hydrogen (secondary N) is 2. The molecule has 118 valence electrons. The molecule has 0 radical (unpaired) electrons. The van der Waals surface area contributed by atoms with E-state index in [1.807, 2.05) is 0 Å². The zero-order valence-electron chi connectivity index (χ0n) is 12.0. The summed E-state index contributed by atoms with van der Waals surface area (Å²) in [6, 6.07) is 3.05. The first-order valence-electron chi connectivity index (χ1n) is 7.09. The maximum atomic E-state index is 12.5. The van der Waals surface area contributed by atoms with Crippen LogP contribution in [0.25, 0.3) is 0 Å². The van der Waals surface area contributed by atoms with Crippen molar-refractivity contribution < 1.29 is 8.42 Å². The van der Waals surface area contributed by atoms with Crippen LogP contribution in [-0.4, -0.2) is 21.5 Å². The second-order valence-corrected chi connectivity index (χ2v) is 7.79. The molecule has 1 aromatic rings. The average molecular weight is 351 g/mol. The first-order valence-corrected chi connectivity index (χ1v) is 9.33. The van der Waals surface area contributed by atoms with Crippen molar-refractivity contribution in [3.8, 4) is 0 Å². The van der Waals surface area contributed by atoms with Crippen molar-refractivity contribution >= 4 is 33.2 Å². The van der Waals surface area contributed by atoms with Crippen LogP contribution >= 0.6 is 23.2 Å². The van der Waals surface area contributed by atoms with E-state index in [4.69, 9.17) is 23.2 Å². The Labute approximate surface area is 136 Å². The van der Waals surface area contributed by atoms with Gasteiger partial charge in [-0.25, -0.2) is 13.1 Å². The van der Waals surface area contributed by atoms with Crippen LogP contribution in [0, 0.1) is 0 Å². The van der Waals surface area contributed by atoms with Gasteiger partial charge in [0.25, 0.3) is 0 Å². The summed E-state index contributed by atoms with van der Waals surface area (Å²) in [4.78, 5) is 0.101. The first-order chi connectivity index (χ1) is 9.95. The first kappa shape index (κ1) is 17.0. The van der Waals surface area contributed by atoms with Crippen LogP contribution in [0.2, 0.25) is 10.0 Å². The minimum absolute atomic E-state index is 0.00300. The summed E-state index contributed by atoms with van der Waals surface area (Å²) in [7, 11) is -1.86. The molecular formula is C14H20Cl2N2O2S. The number of halogens is 2. The largest absolute Gasteiger partial charge is 0.316 e. The fraction of sp³-hybridized carbons (Fsp3) is 0.571. The summed E-state index contributed by atoms with van der Waals surface area (Å²) in [5.41, 5.74) is 0.604. The van der Waals surface area contributed by atoms with Crippen molar-refractivity contribution in [2.75, 3.05) is 7.05 Å². The van der Waals surface area contributed by atoms with Crippen molar-refractivity contribution in [3.63, 3.8) is 0 Å². The van der Waals surface area contributed by atoms with E-state index in [0.29, 0.717) is 17.1 Å². The molecular weight excluding hydrogens is 331 g/mol. The topological polar surface area (TPSA) is 58.2 Å². The Bertz CT molecular complexity index is 599. The van der Waals surface area contributed by atoms with E-state index in [0.717, 1.165) is 25.7 Å². The minimum Gasteiger partial charge on any atom is -0.316 e. The normalized spacial score (nSPS) is 17.1. The summed E-state index contributed by atoms with van der Waals surface area (Å²) >= 11 is 12.3. The highest BCUT2D eigenvalue weighted by molar-refractivity contribution is 7.89. The summed E-state index contributed by atoms with van der Waals surface area (Å²) in [6.45, 7) is 0.421. The highest BCUT2D eigenvalue weighted by atomic mass is 35.5. The van der Waals surface area contributed by atoms with Crippen molar-refractivity contribution in [2.45, 2.75) is 49.6 Å². The van der Waals surface area contributed by atoms with Gasteiger partial charge in [0.15, 0.2) is 0 Å². The second-order valence-electron chi connectivity index (χ2n) is 5.32. The van der Waals surface area contributed by atoms with Gasteiger partial charge in [-0.1, -0.05) is 42.5 Å². The molecule has 4 nitrogen and oxygen atoms in total. The summed E-state index contributed by atoms with van der Waals surface area (Å²) in [6.07, 6.45) is 5.06. The molecule has 0 heterocycles. The number of sulfonamides is 1. The minimum atomic E-state index is -3.62. The lowest BCUT2D eigenvalue weighted by Gasteiger charge is -2.23. The molecule has 0 spiro atoms. The van der Waals surface area contributed by atoms with E-state index in [1.165, 1.54) is 12.5 Å². The standard InChI is InChI=1S/C14H20Cl2N2O2S/c1-17-9-11-12(15)7-8-13(14(11)16)21(19,20)18-10-5-3-2-4-6-10/h7-8,10,17-18H,2-6,9H2,1H3. The number of rotatable bonds is 5. The van der Waals surface area contributed by atoms with Gasteiger partial charge >= 0.3 is 0 Å². The highest BCUT2D eigenvalue weighted by Gasteiger charge is 2.25. The van der Waals surface area contributed by atoms with Crippen LogP contribution in [0.3, 0.4) is 0 Å². The van der Waals surface area contributed by atoms with Crippen LogP contribution in [-0.2, 0) is 16.6 Å². The molecule has 0 bridgehead atoms. The number of benzene rings is 1. The van der Waals surface area contributed by atoms with E-state index in [2.05, 4.69) is 10.0 Å². The van der Waals surface area contributed by atoms with Gasteiger partial charge in [-0.05, 0) is 32.0 Å². The lowest BCUT2D eigenvalue weighted by Crippen LogP contribution is -2.36. The average Bonchev–Trinajstić information content (AvgIpc) is 2.43. The van der Waals surface area contributed by atoms with Gasteiger partial charge < -0.3 is 5.32 Å². The lowest BCUT2D eigenvalue weighted by atomic mass is 9.96. The zero-order chi connectivity index (χ0) is 15.5. The van der Waals surface area contributed by atoms with Crippen molar-refractivity contribution in [1.29, 1.82) is 0 Å². The molecule has 0 saturated heterocycles. The highest BCUT2D eigenvalue weighted by Crippen LogP contribution is 2.31. The molecule has 0 aromatic heterocycles. The molecule has 0 unspecified atom stereocenters. The summed E-state index contributed by atoms with van der Waals surface area (Å²) in [5.74, 6) is 0. The van der Waals surface area contributed by atoms with E-state index in [-0.39, 0.29) is 16.0 Å². The third-order valence-electron chi connectivity index (χ3n) is 3.72. The van der Waals surface area contributed by atoms with E-state index >= 15 is 0 Å². The molecule has 1 aromatic carbocycles. The molecule has 2 N–H and O–H groups in total. The Balaban J connectivity index is 2.29. The van der Waals surface area contributed by atoms with Gasteiger partial charge in [0, 0.05) is 23.2 Å². The quantitative estimate of drug-likeness (QED) is 0.856. The van der Waals surface area contributed by atoms with Crippen LogP contribution < -0.4 is 10.0 Å². The third kappa shape index (κ3) is 4.11. The van der Waals surface area contributed by atoms with Crippen LogP contribution in [0.4, 0.5) is 0 Å². The Morgan fingerprint density at radius 3 is 2.48 bits per heavy atom. The van der Waals surface area contributed by atoms with Gasteiger partial charge in [-0.2, -0.15) is 0 Å². The fourth-order valence-electron chi connectivity index (χ4n) is 2.63. The molecule has 1 fully saturated rings. The molecule has 1 aliphatic rings. The molecule has 2 rings (SSSR count). The number of hydrogen-bond donors (Lipinski definition) is 2. The maximum Gasteiger partial charge on any atom is 0.242 e. The molecule has 1 aliphatic carbocycles. The van der Waals surface area contributed by atoms with Crippen molar-refractivity contribution in [3.05, 3.63) is 27.7 Å². The van der Waals surface area contributed by atoms with Gasteiger partial charge in [-0.3, -0.25) is 0 Å². The summed E-state index contributed by atoms with van der Waals surface area (Å²) in [5, 5.41) is 3.60. The molecule has 0 atom stereocenters. The van der Waals surface area contributed by atoms with E-state index in [1.54, 1.807) is 13.1 Å². The van der Waals surface area contributed by atoms with Gasteiger partial charge in [0.1, 0.15) is 4.90 Å². The van der Waals surface area contributed by atoms with Crippen molar-refractivity contribution in [2.24, 2.45) is 0 Å². The molecule has 0 amide bonds. The predicted octanol–water partition coefficient (Wildman–Crippen LogP) is 3.32. The van der Waals surface area contributed by atoms with Crippen LogP contribution in [0.5, 0.6) is 0 Å². The molecule has 1 saturated carbocycles. The predicted molar refractivity (Wildman–Crippen MR) is 86.4 cm³/mol. The van der Waals surface area contributed by atoms with Crippen LogP contribution in [0.15, 0.2) is 17.0 Å². The lowest BCUT2D eigenvalue weighted by molar-refractivity contribution is 0.412. The van der Waals surface area contributed by atoms with E-state index < -0.39 is 10.0 Å². The third-order valence-corrected chi connectivity index (χ3v) is 6.18. The fourth-order valence-corrected chi connectivity index (χ4v) is 4.84. The van der Waals surface area contributed by atoms with Crippen LogP contribution in [0.1, 0.15) is 37.7 Å². The van der Waals surface area contributed by atoms with Crippen molar-refractivity contribution in [1.82, 2.24) is 10.0 Å². The Hall–Kier alpha value is -0.330. The molecule has 7 heteroatoms. The molecule has 0 aliphatic heterocycles. The molecule has 21 heavy (non-hydrogen) atoms. The maximum absolute atomic E-state index is 12.5. The zero-order valence-corrected chi connectivity index (χ0v) is 14.3. The SMILES string of the molecule is CNCc1c(Cl)ccc(S(=O)(=O)NC2CCCCC2)c1Cl. The number of hydrogen-bond acceptors (Lipinski definition) is 3. The Morgan fingerprint density at radius 1 is 1.19 bits per heavy atom. The van der Waals surface area contributed by atoms with E-state index in [9.17, 15) is 8.42 Å². The van der Waals surface area contributed by atoms with Gasteiger partial charge in [-0.15, -0.1) is 0 Å². The smallest absolute Gasteiger partial charge is 0.242 e.